The highest BCUT2D eigenvalue weighted by molar-refractivity contribution is 7.98. The Hall–Kier alpha value is -1.98. The maximum Gasteiger partial charge on any atom is 0.256 e. The first-order valence-electron chi connectivity index (χ1n) is 6.94. The number of benzene rings is 2. The Morgan fingerprint density at radius 2 is 1.83 bits per heavy atom. The van der Waals surface area contributed by atoms with Crippen LogP contribution in [0.4, 0.5) is 5.69 Å². The van der Waals surface area contributed by atoms with Crippen molar-refractivity contribution in [3.8, 4) is 0 Å². The second-order valence-electron chi connectivity index (χ2n) is 4.91. The number of nitrogens with one attached hydrogen (secondary N) is 2. The molecule has 0 fully saturated rings. The van der Waals surface area contributed by atoms with E-state index < -0.39 is 0 Å². The smallest absolute Gasteiger partial charge is 0.256 e. The summed E-state index contributed by atoms with van der Waals surface area (Å²) in [4.78, 5) is 25.2. The molecule has 0 heterocycles. The maximum atomic E-state index is 12.5. The molecule has 6 heteroatoms. The van der Waals surface area contributed by atoms with Crippen molar-refractivity contribution < 1.29 is 9.59 Å². The van der Waals surface area contributed by atoms with Gasteiger partial charge in [0.25, 0.3) is 11.8 Å². The second-order valence-corrected chi connectivity index (χ2v) is 6.20. The van der Waals surface area contributed by atoms with Gasteiger partial charge in [-0.05, 0) is 49.1 Å². The number of carbonyl (C=O) groups is 2. The quantitative estimate of drug-likeness (QED) is 0.821. The van der Waals surface area contributed by atoms with E-state index in [1.54, 1.807) is 37.0 Å². The number of thioether (sulfide) groups is 1. The van der Waals surface area contributed by atoms with Gasteiger partial charge in [-0.3, -0.25) is 9.59 Å². The van der Waals surface area contributed by atoms with Crippen molar-refractivity contribution in [2.75, 3.05) is 18.6 Å². The summed E-state index contributed by atoms with van der Waals surface area (Å²) in [7, 11) is 1.55. The number of hydrogen-bond donors (Lipinski definition) is 2. The molecule has 0 aliphatic heterocycles. The normalized spacial score (nSPS) is 10.3. The van der Waals surface area contributed by atoms with E-state index in [4.69, 9.17) is 11.6 Å². The third-order valence-electron chi connectivity index (χ3n) is 3.39. The van der Waals surface area contributed by atoms with E-state index in [1.165, 1.54) is 0 Å². The fourth-order valence-electron chi connectivity index (χ4n) is 2.07. The van der Waals surface area contributed by atoms with Gasteiger partial charge in [0.05, 0.1) is 10.7 Å². The van der Waals surface area contributed by atoms with Crippen LogP contribution in [-0.2, 0) is 0 Å². The minimum absolute atomic E-state index is 0.238. The van der Waals surface area contributed by atoms with Crippen molar-refractivity contribution in [3.63, 3.8) is 0 Å². The number of aryl methyl sites for hydroxylation is 1. The van der Waals surface area contributed by atoms with E-state index in [9.17, 15) is 9.59 Å². The van der Waals surface area contributed by atoms with Crippen LogP contribution in [0.5, 0.6) is 0 Å². The fourth-order valence-corrected chi connectivity index (χ4v) is 2.67. The van der Waals surface area contributed by atoms with Crippen molar-refractivity contribution in [2.24, 2.45) is 0 Å². The van der Waals surface area contributed by atoms with Gasteiger partial charge in [0.2, 0.25) is 0 Å². The third-order valence-corrected chi connectivity index (χ3v) is 4.45. The molecule has 0 bridgehead atoms. The van der Waals surface area contributed by atoms with Gasteiger partial charge in [0.1, 0.15) is 0 Å². The number of amides is 2. The molecule has 0 aliphatic carbocycles. The molecule has 0 saturated carbocycles. The van der Waals surface area contributed by atoms with Crippen molar-refractivity contribution >= 4 is 40.9 Å². The van der Waals surface area contributed by atoms with Gasteiger partial charge < -0.3 is 10.6 Å². The minimum Gasteiger partial charge on any atom is -0.355 e. The van der Waals surface area contributed by atoms with Gasteiger partial charge >= 0.3 is 0 Å². The molecule has 0 radical (unpaired) electrons. The molecule has 0 aliphatic rings. The van der Waals surface area contributed by atoms with Gasteiger partial charge in [-0.1, -0.05) is 17.7 Å². The van der Waals surface area contributed by atoms with Gasteiger partial charge in [-0.25, -0.2) is 0 Å². The lowest BCUT2D eigenvalue weighted by atomic mass is 10.1. The van der Waals surface area contributed by atoms with E-state index in [0.29, 0.717) is 21.8 Å². The molecule has 2 rings (SSSR count). The van der Waals surface area contributed by atoms with Crippen LogP contribution < -0.4 is 10.6 Å². The Balaban J connectivity index is 2.32. The Bertz CT molecular complexity index is 762. The molecule has 0 spiro atoms. The number of anilines is 1. The standard InChI is InChI=1S/C17H17ClN2O2S/c1-10-4-6-12(23-3)9-13(10)17(22)20-15-8-11(16(21)19-2)5-7-14(15)18/h4-9H,1-3H3,(H,19,21)(H,20,22). The summed E-state index contributed by atoms with van der Waals surface area (Å²) in [6.45, 7) is 1.88. The first kappa shape index (κ1) is 17.4. The largest absolute Gasteiger partial charge is 0.355 e. The van der Waals surface area contributed by atoms with Crippen molar-refractivity contribution in [3.05, 3.63) is 58.1 Å². The number of rotatable bonds is 4. The van der Waals surface area contributed by atoms with Crippen molar-refractivity contribution in [1.82, 2.24) is 5.32 Å². The van der Waals surface area contributed by atoms with Crippen LogP contribution in [0.3, 0.4) is 0 Å². The lowest BCUT2D eigenvalue weighted by Crippen LogP contribution is -2.19. The van der Waals surface area contributed by atoms with Crippen molar-refractivity contribution in [2.45, 2.75) is 11.8 Å². The van der Waals surface area contributed by atoms with E-state index in [0.717, 1.165) is 10.5 Å². The van der Waals surface area contributed by atoms with Crippen LogP contribution in [0.15, 0.2) is 41.3 Å². The molecule has 2 aromatic rings. The van der Waals surface area contributed by atoms with Crippen LogP contribution in [0, 0.1) is 6.92 Å². The summed E-state index contributed by atoms with van der Waals surface area (Å²) < 4.78 is 0. The van der Waals surface area contributed by atoms with Gasteiger partial charge in [-0.2, -0.15) is 0 Å². The van der Waals surface area contributed by atoms with Crippen LogP contribution in [0.25, 0.3) is 0 Å². The molecule has 2 N–H and O–H groups in total. The topological polar surface area (TPSA) is 58.2 Å². The maximum absolute atomic E-state index is 12.5. The van der Waals surface area contributed by atoms with Crippen LogP contribution in [0.2, 0.25) is 5.02 Å². The van der Waals surface area contributed by atoms with E-state index in [1.807, 2.05) is 31.4 Å². The predicted octanol–water partition coefficient (Wildman–Crippen LogP) is 3.98. The highest BCUT2D eigenvalue weighted by atomic mass is 35.5. The lowest BCUT2D eigenvalue weighted by Gasteiger charge is -2.11. The summed E-state index contributed by atoms with van der Waals surface area (Å²) >= 11 is 7.69. The summed E-state index contributed by atoms with van der Waals surface area (Å²) in [6.07, 6.45) is 1.95. The molecule has 0 atom stereocenters. The van der Waals surface area contributed by atoms with E-state index in [-0.39, 0.29) is 11.8 Å². The summed E-state index contributed by atoms with van der Waals surface area (Å²) in [6, 6.07) is 10.5. The molecule has 2 amide bonds. The lowest BCUT2D eigenvalue weighted by molar-refractivity contribution is 0.0961. The minimum atomic E-state index is -0.255. The molecule has 23 heavy (non-hydrogen) atoms. The number of hydrogen-bond acceptors (Lipinski definition) is 3. The average Bonchev–Trinajstić information content (AvgIpc) is 2.56. The summed E-state index contributed by atoms with van der Waals surface area (Å²) in [5, 5.41) is 5.70. The van der Waals surface area contributed by atoms with Crippen molar-refractivity contribution in [1.29, 1.82) is 0 Å². The molecule has 4 nitrogen and oxygen atoms in total. The molecular formula is C17H17ClN2O2S. The summed E-state index contributed by atoms with van der Waals surface area (Å²) in [5.74, 6) is -0.493. The van der Waals surface area contributed by atoms with Gasteiger partial charge in [-0.15, -0.1) is 11.8 Å². The molecule has 0 unspecified atom stereocenters. The Kier molecular flexibility index (Phi) is 5.69. The molecule has 0 saturated heterocycles. The zero-order valence-electron chi connectivity index (χ0n) is 13.1. The second kappa shape index (κ2) is 7.53. The molecular weight excluding hydrogens is 332 g/mol. The Morgan fingerprint density at radius 1 is 1.09 bits per heavy atom. The third kappa shape index (κ3) is 4.06. The first-order chi connectivity index (χ1) is 11.0. The van der Waals surface area contributed by atoms with Gasteiger partial charge in [0.15, 0.2) is 0 Å². The zero-order valence-corrected chi connectivity index (χ0v) is 14.6. The summed E-state index contributed by atoms with van der Waals surface area (Å²) in [5.41, 5.74) is 2.30. The molecule has 2 aromatic carbocycles. The highest BCUT2D eigenvalue weighted by Crippen LogP contribution is 2.25. The van der Waals surface area contributed by atoms with Crippen LogP contribution >= 0.6 is 23.4 Å². The van der Waals surface area contributed by atoms with E-state index >= 15 is 0 Å². The molecule has 120 valence electrons. The predicted molar refractivity (Wildman–Crippen MR) is 95.8 cm³/mol. The van der Waals surface area contributed by atoms with Crippen LogP contribution in [0.1, 0.15) is 26.3 Å². The highest BCUT2D eigenvalue weighted by Gasteiger charge is 2.14. The molecule has 0 aromatic heterocycles. The zero-order chi connectivity index (χ0) is 17.0. The van der Waals surface area contributed by atoms with Gasteiger partial charge in [0, 0.05) is 23.1 Å². The van der Waals surface area contributed by atoms with E-state index in [2.05, 4.69) is 10.6 Å². The average molecular weight is 349 g/mol. The Morgan fingerprint density at radius 3 is 2.48 bits per heavy atom. The van der Waals surface area contributed by atoms with Crippen LogP contribution in [-0.4, -0.2) is 25.1 Å². The first-order valence-corrected chi connectivity index (χ1v) is 8.54. The SMILES string of the molecule is CNC(=O)c1ccc(Cl)c(NC(=O)c2cc(SC)ccc2C)c1. The fraction of sp³-hybridized carbons (Fsp3) is 0.176. The monoisotopic (exact) mass is 348 g/mol. The number of halogens is 1. The number of carbonyl (C=O) groups excluding carboxylic acids is 2. The Labute approximate surface area is 144 Å².